The molecule has 0 saturated carbocycles. The van der Waals surface area contributed by atoms with Crippen molar-refractivity contribution in [2.24, 2.45) is 0 Å². The van der Waals surface area contributed by atoms with Crippen LogP contribution in [0.5, 0.6) is 5.75 Å². The zero-order valence-electron chi connectivity index (χ0n) is 12.9. The van der Waals surface area contributed by atoms with E-state index in [4.69, 9.17) is 4.74 Å². The van der Waals surface area contributed by atoms with Gasteiger partial charge in [-0.3, -0.25) is 9.59 Å². The molecule has 0 aliphatic carbocycles. The van der Waals surface area contributed by atoms with Crippen molar-refractivity contribution in [1.29, 1.82) is 0 Å². The molecule has 3 N–H and O–H groups in total. The number of hydrogen-bond acceptors (Lipinski definition) is 5. The number of esters is 1. The Morgan fingerprint density at radius 1 is 0.958 bits per heavy atom. The van der Waals surface area contributed by atoms with E-state index in [-0.39, 0.29) is 12.4 Å². The standard InChI is InChI=1S/C17H16N2O5/c1-2-24-17(23)11-6-8-12(9-7-11)18-15(21)16(22)19-13-4-3-5-14(20)10-13/h3-10,20H,2H2,1H3,(H,18,21)(H,19,22). The average molecular weight is 328 g/mol. The fourth-order valence-corrected chi connectivity index (χ4v) is 1.86. The van der Waals surface area contributed by atoms with Crippen LogP contribution in [-0.4, -0.2) is 29.5 Å². The summed E-state index contributed by atoms with van der Waals surface area (Å²) in [5, 5.41) is 14.1. The molecule has 2 rings (SSSR count). The Morgan fingerprint density at radius 3 is 2.17 bits per heavy atom. The predicted octanol–water partition coefficient (Wildman–Crippen LogP) is 2.15. The highest BCUT2D eigenvalue weighted by molar-refractivity contribution is 6.43. The van der Waals surface area contributed by atoms with E-state index >= 15 is 0 Å². The molecule has 2 aromatic carbocycles. The van der Waals surface area contributed by atoms with Gasteiger partial charge in [-0.15, -0.1) is 0 Å². The maximum atomic E-state index is 11.8. The molecule has 2 amide bonds. The number of phenolic OH excluding ortho intramolecular Hbond substituents is 1. The van der Waals surface area contributed by atoms with Crippen molar-refractivity contribution in [2.45, 2.75) is 6.92 Å². The number of anilines is 2. The van der Waals surface area contributed by atoms with Crippen LogP contribution >= 0.6 is 0 Å². The molecule has 0 aliphatic heterocycles. The number of carbonyl (C=O) groups is 3. The topological polar surface area (TPSA) is 105 Å². The van der Waals surface area contributed by atoms with Crippen LogP contribution in [0.3, 0.4) is 0 Å². The van der Waals surface area contributed by atoms with Crippen LogP contribution in [0, 0.1) is 0 Å². The molecule has 24 heavy (non-hydrogen) atoms. The Kier molecular flexibility index (Phi) is 5.51. The average Bonchev–Trinajstić information content (AvgIpc) is 2.55. The van der Waals surface area contributed by atoms with Gasteiger partial charge in [-0.25, -0.2) is 4.79 Å². The first-order valence-electron chi connectivity index (χ1n) is 7.18. The molecule has 124 valence electrons. The number of benzene rings is 2. The summed E-state index contributed by atoms with van der Waals surface area (Å²) in [6, 6.07) is 11.8. The molecule has 0 saturated heterocycles. The summed E-state index contributed by atoms with van der Waals surface area (Å²) < 4.78 is 4.85. The summed E-state index contributed by atoms with van der Waals surface area (Å²) in [6.45, 7) is 1.98. The number of amides is 2. The lowest BCUT2D eigenvalue weighted by atomic mass is 10.2. The van der Waals surface area contributed by atoms with Gasteiger partial charge in [0.15, 0.2) is 0 Å². The molecule has 0 heterocycles. The van der Waals surface area contributed by atoms with Crippen LogP contribution in [0.1, 0.15) is 17.3 Å². The first-order chi connectivity index (χ1) is 11.5. The third-order valence-electron chi connectivity index (χ3n) is 2.96. The summed E-state index contributed by atoms with van der Waals surface area (Å²) >= 11 is 0. The molecule has 0 unspecified atom stereocenters. The summed E-state index contributed by atoms with van der Waals surface area (Å²) in [7, 11) is 0. The van der Waals surface area contributed by atoms with Crippen molar-refractivity contribution in [3.05, 3.63) is 54.1 Å². The number of rotatable bonds is 4. The minimum atomic E-state index is -0.880. The molecule has 0 aliphatic rings. The molecular weight excluding hydrogens is 312 g/mol. The number of carbonyl (C=O) groups excluding carboxylic acids is 3. The second kappa shape index (κ2) is 7.77. The third kappa shape index (κ3) is 4.57. The predicted molar refractivity (Wildman–Crippen MR) is 87.8 cm³/mol. The maximum absolute atomic E-state index is 11.8. The molecule has 0 radical (unpaired) electrons. The van der Waals surface area contributed by atoms with E-state index in [0.29, 0.717) is 16.9 Å². The Labute approximate surface area is 138 Å². The quantitative estimate of drug-likeness (QED) is 0.589. The van der Waals surface area contributed by atoms with Gasteiger partial charge in [0.25, 0.3) is 0 Å². The molecule has 0 spiro atoms. The van der Waals surface area contributed by atoms with E-state index in [9.17, 15) is 19.5 Å². The molecule has 2 aromatic rings. The van der Waals surface area contributed by atoms with Gasteiger partial charge in [0, 0.05) is 17.4 Å². The van der Waals surface area contributed by atoms with Crippen molar-refractivity contribution in [3.8, 4) is 5.75 Å². The van der Waals surface area contributed by atoms with Crippen LogP contribution in [0.15, 0.2) is 48.5 Å². The second-order valence-electron chi connectivity index (χ2n) is 4.76. The Balaban J connectivity index is 1.96. The van der Waals surface area contributed by atoms with Gasteiger partial charge in [-0.05, 0) is 43.3 Å². The highest BCUT2D eigenvalue weighted by atomic mass is 16.5. The highest BCUT2D eigenvalue weighted by Crippen LogP contribution is 2.15. The number of ether oxygens (including phenoxy) is 1. The first-order valence-corrected chi connectivity index (χ1v) is 7.18. The van der Waals surface area contributed by atoms with Crippen molar-refractivity contribution < 1.29 is 24.2 Å². The summed E-state index contributed by atoms with van der Waals surface area (Å²) in [4.78, 5) is 35.2. The van der Waals surface area contributed by atoms with Crippen LogP contribution in [0.25, 0.3) is 0 Å². The molecule has 0 bridgehead atoms. The maximum Gasteiger partial charge on any atom is 0.338 e. The van der Waals surface area contributed by atoms with Gasteiger partial charge < -0.3 is 20.5 Å². The Bertz CT molecular complexity index is 756. The van der Waals surface area contributed by atoms with Crippen LogP contribution in [-0.2, 0) is 14.3 Å². The van der Waals surface area contributed by atoms with Crippen molar-refractivity contribution >= 4 is 29.2 Å². The van der Waals surface area contributed by atoms with Crippen LogP contribution in [0.4, 0.5) is 11.4 Å². The Morgan fingerprint density at radius 2 is 1.58 bits per heavy atom. The lowest BCUT2D eigenvalue weighted by molar-refractivity contribution is -0.132. The fourth-order valence-electron chi connectivity index (χ4n) is 1.86. The second-order valence-corrected chi connectivity index (χ2v) is 4.76. The largest absolute Gasteiger partial charge is 0.508 e. The van der Waals surface area contributed by atoms with Crippen molar-refractivity contribution in [1.82, 2.24) is 0 Å². The van der Waals surface area contributed by atoms with E-state index in [1.807, 2.05) is 0 Å². The molecule has 0 fully saturated rings. The first kappa shape index (κ1) is 17.0. The van der Waals surface area contributed by atoms with E-state index in [1.54, 1.807) is 13.0 Å². The zero-order chi connectivity index (χ0) is 17.5. The van der Waals surface area contributed by atoms with Gasteiger partial charge >= 0.3 is 17.8 Å². The van der Waals surface area contributed by atoms with Crippen molar-refractivity contribution in [3.63, 3.8) is 0 Å². The molecular formula is C17H16N2O5. The smallest absolute Gasteiger partial charge is 0.338 e. The number of phenols is 1. The molecule has 0 atom stereocenters. The van der Waals surface area contributed by atoms with Gasteiger partial charge in [-0.2, -0.15) is 0 Å². The minimum absolute atomic E-state index is 0.0252. The lowest BCUT2D eigenvalue weighted by Crippen LogP contribution is -2.29. The molecule has 0 aromatic heterocycles. The normalized spacial score (nSPS) is 9.88. The minimum Gasteiger partial charge on any atom is -0.508 e. The zero-order valence-corrected chi connectivity index (χ0v) is 12.9. The molecule has 7 nitrogen and oxygen atoms in total. The van der Waals surface area contributed by atoms with E-state index in [0.717, 1.165) is 0 Å². The summed E-state index contributed by atoms with van der Waals surface area (Å²) in [5.41, 5.74) is 1.01. The number of nitrogens with one attached hydrogen (secondary N) is 2. The van der Waals surface area contributed by atoms with Gasteiger partial charge in [-0.1, -0.05) is 6.07 Å². The van der Waals surface area contributed by atoms with Gasteiger partial charge in [0.05, 0.1) is 12.2 Å². The van der Waals surface area contributed by atoms with E-state index in [2.05, 4.69) is 10.6 Å². The van der Waals surface area contributed by atoms with E-state index < -0.39 is 17.8 Å². The number of hydrogen-bond donors (Lipinski definition) is 3. The van der Waals surface area contributed by atoms with Crippen molar-refractivity contribution in [2.75, 3.05) is 17.2 Å². The Hall–Kier alpha value is -3.35. The van der Waals surface area contributed by atoms with Gasteiger partial charge in [0.2, 0.25) is 0 Å². The van der Waals surface area contributed by atoms with Gasteiger partial charge in [0.1, 0.15) is 5.75 Å². The fraction of sp³-hybridized carbons (Fsp3) is 0.118. The summed E-state index contributed by atoms with van der Waals surface area (Å²) in [5.74, 6) is -2.24. The number of aromatic hydroxyl groups is 1. The monoisotopic (exact) mass is 328 g/mol. The molecule has 7 heteroatoms. The summed E-state index contributed by atoms with van der Waals surface area (Å²) in [6.07, 6.45) is 0. The lowest BCUT2D eigenvalue weighted by Gasteiger charge is -2.07. The highest BCUT2D eigenvalue weighted by Gasteiger charge is 2.14. The van der Waals surface area contributed by atoms with Crippen LogP contribution in [0.2, 0.25) is 0 Å². The van der Waals surface area contributed by atoms with Crippen LogP contribution < -0.4 is 10.6 Å². The SMILES string of the molecule is CCOC(=O)c1ccc(NC(=O)C(=O)Nc2cccc(O)c2)cc1. The van der Waals surface area contributed by atoms with E-state index in [1.165, 1.54) is 42.5 Å². The third-order valence-corrected chi connectivity index (χ3v) is 2.96.